The Morgan fingerprint density at radius 3 is 2.36 bits per heavy atom. The Labute approximate surface area is 238 Å². The Hall–Kier alpha value is -3.01. The number of rotatable bonds is 16. The van der Waals surface area contributed by atoms with Crippen molar-refractivity contribution < 1.29 is 28.7 Å². The number of unbranched alkanes of at least 4 members (excludes halogenated alkanes) is 5. The maximum atomic E-state index is 13.9. The van der Waals surface area contributed by atoms with Gasteiger partial charge in [0, 0.05) is 12.3 Å². The Morgan fingerprint density at radius 1 is 1.10 bits per heavy atom. The van der Waals surface area contributed by atoms with Crippen LogP contribution in [0.25, 0.3) is 6.08 Å². The first-order chi connectivity index (χ1) is 18.5. The summed E-state index contributed by atoms with van der Waals surface area (Å²) in [7, 11) is 1.23. The molecule has 39 heavy (non-hydrogen) atoms. The molecule has 1 rings (SSSR count). The highest BCUT2D eigenvalue weighted by atomic mass is 32.1. The minimum absolute atomic E-state index is 0.00568. The fourth-order valence-corrected chi connectivity index (χ4v) is 4.17. The summed E-state index contributed by atoms with van der Waals surface area (Å²) in [5.74, 6) is -1.65. The molecule has 0 fully saturated rings. The van der Waals surface area contributed by atoms with Gasteiger partial charge in [-0.25, -0.2) is 4.79 Å². The van der Waals surface area contributed by atoms with Gasteiger partial charge in [0.25, 0.3) is 0 Å². The molecule has 2 N–H and O–H groups in total. The summed E-state index contributed by atoms with van der Waals surface area (Å²) in [6.45, 7) is 11.0. The molecule has 1 aromatic carbocycles. The van der Waals surface area contributed by atoms with E-state index in [0.717, 1.165) is 37.7 Å². The third-order valence-corrected chi connectivity index (χ3v) is 6.23. The third kappa shape index (κ3) is 12.6. The second-order valence-corrected chi connectivity index (χ2v) is 10.6. The molecule has 0 spiro atoms. The topological polar surface area (TPSA) is 114 Å². The van der Waals surface area contributed by atoms with Crippen molar-refractivity contribution >= 4 is 42.6 Å². The molecule has 0 aromatic heterocycles. The van der Waals surface area contributed by atoms with Crippen LogP contribution in [0.5, 0.6) is 0 Å². The number of carbonyl (C=O) groups is 4. The van der Waals surface area contributed by atoms with Gasteiger partial charge in [0.2, 0.25) is 11.8 Å². The predicted molar refractivity (Wildman–Crippen MR) is 156 cm³/mol. The van der Waals surface area contributed by atoms with Crippen molar-refractivity contribution in [2.75, 3.05) is 26.0 Å². The smallest absolute Gasteiger partial charge is 0.408 e. The molecule has 2 unspecified atom stereocenters. The van der Waals surface area contributed by atoms with Crippen LogP contribution >= 0.6 is 12.6 Å². The molecule has 0 heterocycles. The zero-order chi connectivity index (χ0) is 29.4. The lowest BCUT2D eigenvalue weighted by molar-refractivity contribution is -0.144. The van der Waals surface area contributed by atoms with E-state index in [0.29, 0.717) is 12.0 Å². The van der Waals surface area contributed by atoms with E-state index in [1.807, 2.05) is 6.07 Å². The number of alkyl carbamates (subject to hydrolysis) is 1. The number of hydrogen-bond donors (Lipinski definition) is 3. The Bertz CT molecular complexity index is 963. The molecule has 3 amide bonds. The highest BCUT2D eigenvalue weighted by molar-refractivity contribution is 7.80. The highest BCUT2D eigenvalue weighted by Crippen LogP contribution is 2.25. The maximum Gasteiger partial charge on any atom is 0.408 e. The lowest BCUT2D eigenvalue weighted by Gasteiger charge is -2.34. The quantitative estimate of drug-likeness (QED) is 0.153. The zero-order valence-corrected chi connectivity index (χ0v) is 24.9. The number of nitrogens with zero attached hydrogens (tertiary/aromatic N) is 1. The van der Waals surface area contributed by atoms with Crippen LogP contribution in [-0.4, -0.2) is 66.4 Å². The number of benzene rings is 1. The standard InChI is InChI=1S/C29H45N3O6S/c1-7-9-10-11-12-13-17-32(27(35)23(20-39)31-28(36)38-29(3,4)5)25(26(34)30-19-24(33)37-6)22-16-14-15-21(8-2)18-22/h8,14-16,18,23,25,39H,2,7,9-13,17,19-20H2,1,3-6H3,(H,30,34)(H,31,36). The summed E-state index contributed by atoms with van der Waals surface area (Å²) in [5, 5.41) is 5.19. The van der Waals surface area contributed by atoms with Crippen LogP contribution in [0.1, 0.15) is 83.4 Å². The molecule has 0 aliphatic heterocycles. The first-order valence-electron chi connectivity index (χ1n) is 13.4. The maximum absolute atomic E-state index is 13.9. The second-order valence-electron chi connectivity index (χ2n) is 10.3. The van der Waals surface area contributed by atoms with Crippen molar-refractivity contribution in [1.29, 1.82) is 0 Å². The molecule has 218 valence electrons. The molecule has 2 atom stereocenters. The van der Waals surface area contributed by atoms with E-state index >= 15 is 0 Å². The van der Waals surface area contributed by atoms with Crippen LogP contribution in [0.4, 0.5) is 4.79 Å². The average molecular weight is 564 g/mol. The summed E-state index contributed by atoms with van der Waals surface area (Å²) in [6, 6.07) is 5.01. The predicted octanol–water partition coefficient (Wildman–Crippen LogP) is 4.67. The van der Waals surface area contributed by atoms with Gasteiger partial charge in [-0.15, -0.1) is 0 Å². The van der Waals surface area contributed by atoms with Gasteiger partial charge < -0.3 is 25.0 Å². The van der Waals surface area contributed by atoms with Crippen LogP contribution < -0.4 is 10.6 Å². The van der Waals surface area contributed by atoms with E-state index < -0.39 is 41.6 Å². The largest absolute Gasteiger partial charge is 0.468 e. The van der Waals surface area contributed by atoms with Crippen LogP contribution in [0.3, 0.4) is 0 Å². The molecular weight excluding hydrogens is 518 g/mol. The molecule has 0 bridgehead atoms. The van der Waals surface area contributed by atoms with Gasteiger partial charge in [-0.3, -0.25) is 14.4 Å². The first kappa shape index (κ1) is 34.0. The van der Waals surface area contributed by atoms with Crippen LogP contribution in [0.2, 0.25) is 0 Å². The summed E-state index contributed by atoms with van der Waals surface area (Å²) in [5.41, 5.74) is 0.556. The van der Waals surface area contributed by atoms with Gasteiger partial charge in [0.1, 0.15) is 24.2 Å². The Balaban J connectivity index is 3.40. The van der Waals surface area contributed by atoms with Crippen molar-refractivity contribution in [3.05, 3.63) is 42.0 Å². The lowest BCUT2D eigenvalue weighted by Crippen LogP contribution is -2.54. The minimum atomic E-state index is -1.07. The van der Waals surface area contributed by atoms with Gasteiger partial charge >= 0.3 is 12.1 Å². The molecule has 9 nitrogen and oxygen atoms in total. The Kier molecular flexibility index (Phi) is 15.3. The van der Waals surface area contributed by atoms with E-state index in [-0.39, 0.29) is 18.8 Å². The molecule has 1 aromatic rings. The van der Waals surface area contributed by atoms with E-state index in [4.69, 9.17) is 4.74 Å². The van der Waals surface area contributed by atoms with Crippen LogP contribution in [0, 0.1) is 0 Å². The second kappa shape index (κ2) is 17.6. The summed E-state index contributed by atoms with van der Waals surface area (Å²) < 4.78 is 10.0. The van der Waals surface area contributed by atoms with Gasteiger partial charge in [-0.05, 0) is 44.4 Å². The van der Waals surface area contributed by atoms with Crippen molar-refractivity contribution in [2.45, 2.75) is 83.9 Å². The number of carbonyl (C=O) groups excluding carboxylic acids is 4. The minimum Gasteiger partial charge on any atom is -0.468 e. The fraction of sp³-hybridized carbons (Fsp3) is 0.586. The normalized spacial score (nSPS) is 12.6. The van der Waals surface area contributed by atoms with Gasteiger partial charge in [0.15, 0.2) is 0 Å². The fourth-order valence-electron chi connectivity index (χ4n) is 3.92. The van der Waals surface area contributed by atoms with Crippen LogP contribution in [0.15, 0.2) is 30.8 Å². The summed E-state index contributed by atoms with van der Waals surface area (Å²) in [6.07, 6.45) is 6.77. The number of thiol groups is 1. The average Bonchev–Trinajstić information content (AvgIpc) is 2.90. The van der Waals surface area contributed by atoms with E-state index in [1.54, 1.807) is 45.0 Å². The van der Waals surface area contributed by atoms with Gasteiger partial charge in [0.05, 0.1) is 7.11 Å². The summed E-state index contributed by atoms with van der Waals surface area (Å²) in [4.78, 5) is 53.2. The lowest BCUT2D eigenvalue weighted by atomic mass is 10.00. The molecule has 0 aliphatic rings. The highest BCUT2D eigenvalue weighted by Gasteiger charge is 2.36. The SMILES string of the molecule is C=Cc1cccc(C(C(=O)NCC(=O)OC)N(CCCCCCCC)C(=O)C(CS)NC(=O)OC(C)(C)C)c1. The van der Waals surface area contributed by atoms with Crippen molar-refractivity contribution in [3.63, 3.8) is 0 Å². The number of amides is 3. The third-order valence-electron chi connectivity index (χ3n) is 5.86. The van der Waals surface area contributed by atoms with E-state index in [1.165, 1.54) is 12.0 Å². The van der Waals surface area contributed by atoms with Gasteiger partial charge in [-0.2, -0.15) is 12.6 Å². The number of esters is 1. The number of methoxy groups -OCH3 is 1. The van der Waals surface area contributed by atoms with Crippen molar-refractivity contribution in [3.8, 4) is 0 Å². The monoisotopic (exact) mass is 563 g/mol. The molecule has 10 heteroatoms. The van der Waals surface area contributed by atoms with Crippen molar-refractivity contribution in [1.82, 2.24) is 15.5 Å². The molecular formula is C29H45N3O6S. The molecule has 0 aliphatic carbocycles. The van der Waals surface area contributed by atoms with E-state index in [2.05, 4.69) is 41.5 Å². The Morgan fingerprint density at radius 2 is 1.77 bits per heavy atom. The molecule has 0 saturated heterocycles. The molecule has 0 saturated carbocycles. The molecule has 0 radical (unpaired) electrons. The summed E-state index contributed by atoms with van der Waals surface area (Å²) >= 11 is 4.31. The van der Waals surface area contributed by atoms with Crippen molar-refractivity contribution in [2.24, 2.45) is 0 Å². The zero-order valence-electron chi connectivity index (χ0n) is 24.0. The number of hydrogen-bond acceptors (Lipinski definition) is 7. The van der Waals surface area contributed by atoms with E-state index in [9.17, 15) is 19.2 Å². The van der Waals surface area contributed by atoms with Crippen LogP contribution in [-0.2, 0) is 23.9 Å². The first-order valence-corrected chi connectivity index (χ1v) is 14.1. The number of nitrogens with one attached hydrogen (secondary N) is 2. The van der Waals surface area contributed by atoms with Gasteiger partial charge in [-0.1, -0.05) is 69.9 Å². The number of ether oxygens (including phenoxy) is 2.